The predicted molar refractivity (Wildman–Crippen MR) is 90.1 cm³/mol. The smallest absolute Gasteiger partial charge is 0.203 e. The zero-order chi connectivity index (χ0) is 16.6. The van der Waals surface area contributed by atoms with Gasteiger partial charge in [-0.15, -0.1) is 10.2 Å². The molecule has 4 heterocycles. The SMILES string of the molecule is c1coc(CN(Cc2ccco2)c2nccn3c(C4CC4)nnc23)c1. The van der Waals surface area contributed by atoms with Crippen molar-refractivity contribution in [2.45, 2.75) is 31.8 Å². The molecule has 126 valence electrons. The molecule has 7 heteroatoms. The first-order valence-corrected chi connectivity index (χ1v) is 8.38. The minimum Gasteiger partial charge on any atom is -0.467 e. The Morgan fingerprint density at radius 2 is 1.76 bits per heavy atom. The molecule has 1 fully saturated rings. The van der Waals surface area contributed by atoms with Crippen LogP contribution in [0.4, 0.5) is 5.82 Å². The van der Waals surface area contributed by atoms with Crippen LogP contribution in [0, 0.1) is 0 Å². The zero-order valence-electron chi connectivity index (χ0n) is 13.6. The van der Waals surface area contributed by atoms with E-state index in [1.807, 2.05) is 30.5 Å². The van der Waals surface area contributed by atoms with Crippen LogP contribution in [0.15, 0.2) is 58.0 Å². The lowest BCUT2D eigenvalue weighted by molar-refractivity contribution is 0.475. The summed E-state index contributed by atoms with van der Waals surface area (Å²) >= 11 is 0. The molecule has 4 aromatic heterocycles. The van der Waals surface area contributed by atoms with Gasteiger partial charge in [0.2, 0.25) is 5.65 Å². The summed E-state index contributed by atoms with van der Waals surface area (Å²) in [4.78, 5) is 6.68. The molecule has 1 saturated carbocycles. The molecule has 0 aromatic carbocycles. The lowest BCUT2D eigenvalue weighted by atomic mass is 10.3. The molecule has 0 spiro atoms. The fourth-order valence-electron chi connectivity index (χ4n) is 3.06. The van der Waals surface area contributed by atoms with Gasteiger partial charge in [-0.1, -0.05) is 0 Å². The van der Waals surface area contributed by atoms with Gasteiger partial charge in [0.25, 0.3) is 0 Å². The molecular weight excluding hydrogens is 318 g/mol. The number of nitrogens with zero attached hydrogens (tertiary/aromatic N) is 5. The average Bonchev–Trinajstić information content (AvgIpc) is 3.07. The zero-order valence-corrected chi connectivity index (χ0v) is 13.6. The van der Waals surface area contributed by atoms with Gasteiger partial charge in [-0.3, -0.25) is 4.40 Å². The molecule has 0 unspecified atom stereocenters. The van der Waals surface area contributed by atoms with E-state index in [9.17, 15) is 0 Å². The van der Waals surface area contributed by atoms with Crippen molar-refractivity contribution in [1.82, 2.24) is 19.6 Å². The Balaban J connectivity index is 1.56. The van der Waals surface area contributed by atoms with Crippen molar-refractivity contribution < 1.29 is 8.83 Å². The minimum atomic E-state index is 0.522. The van der Waals surface area contributed by atoms with Crippen LogP contribution in [0.2, 0.25) is 0 Å². The van der Waals surface area contributed by atoms with Crippen LogP contribution in [0.3, 0.4) is 0 Å². The second-order valence-corrected chi connectivity index (χ2v) is 6.29. The number of anilines is 1. The third-order valence-corrected chi connectivity index (χ3v) is 4.43. The summed E-state index contributed by atoms with van der Waals surface area (Å²) in [6, 6.07) is 7.68. The summed E-state index contributed by atoms with van der Waals surface area (Å²) in [7, 11) is 0. The van der Waals surface area contributed by atoms with Crippen LogP contribution in [-0.4, -0.2) is 19.6 Å². The van der Waals surface area contributed by atoms with Gasteiger partial charge < -0.3 is 13.7 Å². The first-order chi connectivity index (χ1) is 12.4. The predicted octanol–water partition coefficient (Wildman–Crippen LogP) is 3.39. The Labute approximate surface area is 143 Å². The summed E-state index contributed by atoms with van der Waals surface area (Å²) in [6.45, 7) is 1.15. The number of fused-ring (bicyclic) bond motifs is 1. The monoisotopic (exact) mass is 335 g/mol. The van der Waals surface area contributed by atoms with E-state index in [1.54, 1.807) is 18.7 Å². The Hall–Kier alpha value is -3.09. The van der Waals surface area contributed by atoms with E-state index in [0.29, 0.717) is 19.0 Å². The molecule has 5 rings (SSSR count). The van der Waals surface area contributed by atoms with E-state index in [0.717, 1.165) is 28.8 Å². The molecule has 25 heavy (non-hydrogen) atoms. The van der Waals surface area contributed by atoms with Crippen LogP contribution < -0.4 is 4.90 Å². The molecule has 1 aliphatic rings. The highest BCUT2D eigenvalue weighted by Gasteiger charge is 2.29. The molecule has 0 bridgehead atoms. The highest BCUT2D eigenvalue weighted by atomic mass is 16.3. The molecule has 0 N–H and O–H groups in total. The van der Waals surface area contributed by atoms with Crippen molar-refractivity contribution >= 4 is 11.5 Å². The summed E-state index contributed by atoms with van der Waals surface area (Å²) < 4.78 is 13.1. The van der Waals surface area contributed by atoms with E-state index in [-0.39, 0.29) is 0 Å². The molecule has 0 saturated heterocycles. The van der Waals surface area contributed by atoms with Crippen LogP contribution in [0.5, 0.6) is 0 Å². The van der Waals surface area contributed by atoms with E-state index in [4.69, 9.17) is 8.83 Å². The van der Waals surface area contributed by atoms with Gasteiger partial charge in [0.1, 0.15) is 17.3 Å². The maximum Gasteiger partial charge on any atom is 0.203 e. The summed E-state index contributed by atoms with van der Waals surface area (Å²) in [5.74, 6) is 4.03. The molecule has 1 aliphatic carbocycles. The van der Waals surface area contributed by atoms with E-state index in [1.165, 1.54) is 12.8 Å². The molecule has 7 nitrogen and oxygen atoms in total. The van der Waals surface area contributed by atoms with Gasteiger partial charge in [0.05, 0.1) is 25.6 Å². The number of hydrogen-bond donors (Lipinski definition) is 0. The van der Waals surface area contributed by atoms with Crippen molar-refractivity contribution in [2.75, 3.05) is 4.90 Å². The minimum absolute atomic E-state index is 0.522. The van der Waals surface area contributed by atoms with Crippen molar-refractivity contribution in [1.29, 1.82) is 0 Å². The van der Waals surface area contributed by atoms with Gasteiger partial charge in [-0.25, -0.2) is 4.98 Å². The van der Waals surface area contributed by atoms with Gasteiger partial charge in [0, 0.05) is 18.3 Å². The quantitative estimate of drug-likeness (QED) is 0.538. The van der Waals surface area contributed by atoms with Crippen LogP contribution in [0.1, 0.15) is 36.1 Å². The Morgan fingerprint density at radius 1 is 1.04 bits per heavy atom. The molecule has 0 amide bonds. The number of rotatable bonds is 6. The van der Waals surface area contributed by atoms with Crippen molar-refractivity contribution in [3.63, 3.8) is 0 Å². The van der Waals surface area contributed by atoms with Crippen molar-refractivity contribution in [2.24, 2.45) is 0 Å². The number of furan rings is 2. The maximum absolute atomic E-state index is 5.53. The third-order valence-electron chi connectivity index (χ3n) is 4.43. The van der Waals surface area contributed by atoms with Crippen molar-refractivity contribution in [3.05, 3.63) is 66.5 Å². The molecule has 0 atom stereocenters. The number of aromatic nitrogens is 4. The van der Waals surface area contributed by atoms with E-state index in [2.05, 4.69) is 24.5 Å². The standard InChI is InChI=1S/C18H17N5O2/c1-3-14(24-9-1)11-22(12-15-4-2-10-25-15)17-18-21-20-16(13-5-6-13)23(18)8-7-19-17/h1-4,7-10,13H,5-6,11-12H2. The second kappa shape index (κ2) is 5.77. The van der Waals surface area contributed by atoms with Gasteiger partial charge in [0.15, 0.2) is 5.82 Å². The van der Waals surface area contributed by atoms with Gasteiger partial charge in [-0.2, -0.15) is 0 Å². The fourth-order valence-corrected chi connectivity index (χ4v) is 3.06. The Bertz CT molecular complexity index is 934. The average molecular weight is 335 g/mol. The molecular formula is C18H17N5O2. The molecule has 0 aliphatic heterocycles. The van der Waals surface area contributed by atoms with Gasteiger partial charge >= 0.3 is 0 Å². The van der Waals surface area contributed by atoms with Crippen LogP contribution >= 0.6 is 0 Å². The van der Waals surface area contributed by atoms with Crippen LogP contribution in [0.25, 0.3) is 5.65 Å². The fraction of sp³-hybridized carbons (Fsp3) is 0.278. The third kappa shape index (κ3) is 2.67. The first-order valence-electron chi connectivity index (χ1n) is 8.38. The Morgan fingerprint density at radius 3 is 2.36 bits per heavy atom. The van der Waals surface area contributed by atoms with Crippen LogP contribution in [-0.2, 0) is 13.1 Å². The largest absolute Gasteiger partial charge is 0.467 e. The topological polar surface area (TPSA) is 72.6 Å². The normalized spacial score (nSPS) is 14.2. The lowest BCUT2D eigenvalue weighted by Crippen LogP contribution is -2.23. The maximum atomic E-state index is 5.53. The summed E-state index contributed by atoms with van der Waals surface area (Å²) in [5, 5.41) is 8.80. The second-order valence-electron chi connectivity index (χ2n) is 6.29. The summed E-state index contributed by atoms with van der Waals surface area (Å²) in [5.41, 5.74) is 0.766. The Kier molecular flexibility index (Phi) is 3.29. The molecule has 4 aromatic rings. The number of hydrogen-bond acceptors (Lipinski definition) is 6. The van der Waals surface area contributed by atoms with Crippen molar-refractivity contribution in [3.8, 4) is 0 Å². The summed E-state index contributed by atoms with van der Waals surface area (Å²) in [6.07, 6.45) is 9.45. The molecule has 0 radical (unpaired) electrons. The van der Waals surface area contributed by atoms with Gasteiger partial charge in [-0.05, 0) is 37.1 Å². The van der Waals surface area contributed by atoms with E-state index < -0.39 is 0 Å². The highest BCUT2D eigenvalue weighted by molar-refractivity contribution is 5.64. The highest BCUT2D eigenvalue weighted by Crippen LogP contribution is 2.39. The van der Waals surface area contributed by atoms with E-state index >= 15 is 0 Å². The first kappa shape index (κ1) is 14.3. The lowest BCUT2D eigenvalue weighted by Gasteiger charge is -2.21.